The number of aromatic nitrogens is 1. The molecule has 0 spiro atoms. The van der Waals surface area contributed by atoms with Gasteiger partial charge in [-0.25, -0.2) is 0 Å². The van der Waals surface area contributed by atoms with Gasteiger partial charge >= 0.3 is 0 Å². The maximum Gasteiger partial charge on any atom is 0.251 e. The van der Waals surface area contributed by atoms with Crippen molar-refractivity contribution >= 4 is 5.91 Å². The van der Waals surface area contributed by atoms with Gasteiger partial charge in [-0.3, -0.25) is 9.78 Å². The molecule has 120 valence electrons. The molecule has 2 aromatic rings. The summed E-state index contributed by atoms with van der Waals surface area (Å²) >= 11 is 0. The number of nitrogens with zero attached hydrogens (tertiary/aromatic N) is 1. The third-order valence-electron chi connectivity index (χ3n) is 4.14. The number of pyridine rings is 1. The molecule has 1 saturated carbocycles. The zero-order chi connectivity index (χ0) is 16.2. The fourth-order valence-corrected chi connectivity index (χ4v) is 2.67. The Kier molecular flexibility index (Phi) is 4.57. The van der Waals surface area contributed by atoms with Crippen molar-refractivity contribution in [3.8, 4) is 5.75 Å². The lowest BCUT2D eigenvalue weighted by molar-refractivity contribution is 0.0931. The molecule has 0 bridgehead atoms. The van der Waals surface area contributed by atoms with Crippen LogP contribution in [0.4, 0.5) is 0 Å². The van der Waals surface area contributed by atoms with E-state index in [9.17, 15) is 4.79 Å². The molecule has 5 heteroatoms. The molecule has 0 saturated heterocycles. The SMILES string of the molecule is COc1ccc(C(NC(=O)c2ccnc(CN)c2)C2CC2)cc1. The normalized spacial score (nSPS) is 15.0. The Labute approximate surface area is 135 Å². The Morgan fingerprint density at radius 2 is 2.09 bits per heavy atom. The first-order valence-corrected chi connectivity index (χ1v) is 7.81. The van der Waals surface area contributed by atoms with E-state index >= 15 is 0 Å². The van der Waals surface area contributed by atoms with Crippen molar-refractivity contribution in [3.05, 3.63) is 59.4 Å². The lowest BCUT2D eigenvalue weighted by Crippen LogP contribution is -2.30. The molecule has 1 aromatic carbocycles. The number of benzene rings is 1. The monoisotopic (exact) mass is 311 g/mol. The lowest BCUT2D eigenvalue weighted by atomic mass is 10.0. The van der Waals surface area contributed by atoms with Gasteiger partial charge in [0.2, 0.25) is 0 Å². The first-order valence-electron chi connectivity index (χ1n) is 7.81. The predicted octanol–water partition coefficient (Wildman–Crippen LogP) is 2.43. The second-order valence-corrected chi connectivity index (χ2v) is 5.80. The third kappa shape index (κ3) is 3.68. The minimum atomic E-state index is -0.0881. The van der Waals surface area contributed by atoms with Crippen LogP contribution in [0, 0.1) is 5.92 Å². The molecule has 23 heavy (non-hydrogen) atoms. The minimum absolute atomic E-state index is 0.0305. The number of carbonyl (C=O) groups excluding carboxylic acids is 1. The number of carbonyl (C=O) groups is 1. The number of ether oxygens (including phenoxy) is 1. The van der Waals surface area contributed by atoms with Gasteiger partial charge in [0.05, 0.1) is 18.8 Å². The smallest absolute Gasteiger partial charge is 0.251 e. The Morgan fingerprint density at radius 3 is 2.70 bits per heavy atom. The molecule has 5 nitrogen and oxygen atoms in total. The van der Waals surface area contributed by atoms with Gasteiger partial charge < -0.3 is 15.8 Å². The van der Waals surface area contributed by atoms with Crippen molar-refractivity contribution in [1.82, 2.24) is 10.3 Å². The van der Waals surface area contributed by atoms with Crippen LogP contribution in [0.5, 0.6) is 5.75 Å². The summed E-state index contributed by atoms with van der Waals surface area (Å²) in [7, 11) is 1.65. The summed E-state index contributed by atoms with van der Waals surface area (Å²) in [6.45, 7) is 0.325. The topological polar surface area (TPSA) is 77.2 Å². The number of methoxy groups -OCH3 is 1. The van der Waals surface area contributed by atoms with Crippen molar-refractivity contribution in [1.29, 1.82) is 0 Å². The summed E-state index contributed by atoms with van der Waals surface area (Å²) in [6, 6.07) is 11.4. The fourth-order valence-electron chi connectivity index (χ4n) is 2.67. The number of nitrogens with two attached hydrogens (primary N) is 1. The molecule has 1 unspecified atom stereocenters. The number of amides is 1. The van der Waals surface area contributed by atoms with Crippen LogP contribution >= 0.6 is 0 Å². The summed E-state index contributed by atoms with van der Waals surface area (Å²) in [5.74, 6) is 1.23. The Balaban J connectivity index is 1.77. The number of rotatable bonds is 6. The molecule has 1 fully saturated rings. The average Bonchev–Trinajstić information content (AvgIpc) is 3.44. The first kappa shape index (κ1) is 15.5. The summed E-state index contributed by atoms with van der Waals surface area (Å²) in [5.41, 5.74) is 8.01. The first-order chi connectivity index (χ1) is 11.2. The highest BCUT2D eigenvalue weighted by Crippen LogP contribution is 2.41. The molecule has 1 aliphatic rings. The second kappa shape index (κ2) is 6.79. The summed E-state index contributed by atoms with van der Waals surface area (Å²) in [4.78, 5) is 16.7. The standard InChI is InChI=1S/C18H21N3O2/c1-23-16-6-4-13(5-7-16)17(12-2-3-12)21-18(22)14-8-9-20-15(10-14)11-19/h4-10,12,17H,2-3,11,19H2,1H3,(H,21,22). The number of nitrogens with one attached hydrogen (secondary N) is 1. The van der Waals surface area contributed by atoms with Crippen LogP contribution in [0.15, 0.2) is 42.6 Å². The van der Waals surface area contributed by atoms with Crippen LogP contribution in [-0.2, 0) is 6.54 Å². The third-order valence-corrected chi connectivity index (χ3v) is 4.14. The van der Waals surface area contributed by atoms with Crippen molar-refractivity contribution < 1.29 is 9.53 Å². The van der Waals surface area contributed by atoms with Crippen LogP contribution in [0.1, 0.15) is 40.5 Å². The molecule has 0 aliphatic heterocycles. The second-order valence-electron chi connectivity index (χ2n) is 5.80. The van der Waals surface area contributed by atoms with Crippen LogP contribution in [0.2, 0.25) is 0 Å². The van der Waals surface area contributed by atoms with Gasteiger partial charge in [-0.05, 0) is 48.6 Å². The molecular formula is C18H21N3O2. The van der Waals surface area contributed by atoms with Crippen molar-refractivity contribution in [2.45, 2.75) is 25.4 Å². The van der Waals surface area contributed by atoms with Crippen LogP contribution in [0.3, 0.4) is 0 Å². The molecule has 3 rings (SSSR count). The van der Waals surface area contributed by atoms with E-state index in [1.54, 1.807) is 25.4 Å². The predicted molar refractivity (Wildman–Crippen MR) is 88.1 cm³/mol. The van der Waals surface area contributed by atoms with Gasteiger partial charge in [0, 0.05) is 18.3 Å². The Morgan fingerprint density at radius 1 is 1.35 bits per heavy atom. The summed E-state index contributed by atoms with van der Waals surface area (Å²) in [6.07, 6.45) is 3.90. The quantitative estimate of drug-likeness (QED) is 0.859. The van der Waals surface area contributed by atoms with E-state index in [1.165, 1.54) is 0 Å². The Bertz CT molecular complexity index is 681. The lowest BCUT2D eigenvalue weighted by Gasteiger charge is -2.19. The van der Waals surface area contributed by atoms with E-state index < -0.39 is 0 Å². The van der Waals surface area contributed by atoms with Crippen LogP contribution in [-0.4, -0.2) is 18.0 Å². The van der Waals surface area contributed by atoms with Gasteiger partial charge in [0.25, 0.3) is 5.91 Å². The van der Waals surface area contributed by atoms with Crippen molar-refractivity contribution in [3.63, 3.8) is 0 Å². The fraction of sp³-hybridized carbons (Fsp3) is 0.333. The number of hydrogen-bond donors (Lipinski definition) is 2. The van der Waals surface area contributed by atoms with E-state index in [0.29, 0.717) is 23.7 Å². The maximum atomic E-state index is 12.5. The molecule has 0 radical (unpaired) electrons. The van der Waals surface area contributed by atoms with E-state index in [2.05, 4.69) is 10.3 Å². The Hall–Kier alpha value is -2.40. The minimum Gasteiger partial charge on any atom is -0.497 e. The summed E-state index contributed by atoms with van der Waals surface area (Å²) in [5, 5.41) is 3.15. The zero-order valence-corrected chi connectivity index (χ0v) is 13.2. The van der Waals surface area contributed by atoms with Gasteiger partial charge in [0.1, 0.15) is 5.75 Å². The molecule has 1 amide bonds. The van der Waals surface area contributed by atoms with Gasteiger partial charge in [-0.1, -0.05) is 12.1 Å². The maximum absolute atomic E-state index is 12.5. The highest BCUT2D eigenvalue weighted by Gasteiger charge is 2.33. The van der Waals surface area contributed by atoms with Gasteiger partial charge in [0.15, 0.2) is 0 Å². The van der Waals surface area contributed by atoms with Crippen molar-refractivity contribution in [2.75, 3.05) is 7.11 Å². The molecule has 1 aliphatic carbocycles. The van der Waals surface area contributed by atoms with E-state index in [1.807, 2.05) is 24.3 Å². The average molecular weight is 311 g/mol. The molecule has 1 atom stereocenters. The molecular weight excluding hydrogens is 290 g/mol. The highest BCUT2D eigenvalue weighted by atomic mass is 16.5. The molecule has 3 N–H and O–H groups in total. The zero-order valence-electron chi connectivity index (χ0n) is 13.2. The number of hydrogen-bond acceptors (Lipinski definition) is 4. The van der Waals surface area contributed by atoms with Gasteiger partial charge in [-0.15, -0.1) is 0 Å². The van der Waals surface area contributed by atoms with Crippen LogP contribution in [0.25, 0.3) is 0 Å². The summed E-state index contributed by atoms with van der Waals surface area (Å²) < 4.78 is 5.19. The molecule has 1 aromatic heterocycles. The van der Waals surface area contributed by atoms with E-state index in [0.717, 1.165) is 24.2 Å². The largest absolute Gasteiger partial charge is 0.497 e. The van der Waals surface area contributed by atoms with E-state index in [-0.39, 0.29) is 11.9 Å². The van der Waals surface area contributed by atoms with Crippen LogP contribution < -0.4 is 15.8 Å². The van der Waals surface area contributed by atoms with Gasteiger partial charge in [-0.2, -0.15) is 0 Å². The molecule has 1 heterocycles. The van der Waals surface area contributed by atoms with Crippen molar-refractivity contribution in [2.24, 2.45) is 11.7 Å². The van der Waals surface area contributed by atoms with E-state index in [4.69, 9.17) is 10.5 Å². The highest BCUT2D eigenvalue weighted by molar-refractivity contribution is 5.94.